The molecule has 0 saturated carbocycles. The predicted octanol–water partition coefficient (Wildman–Crippen LogP) is 4.72. The number of thiophene rings is 1. The van der Waals surface area contributed by atoms with Crippen LogP contribution in [0.4, 0.5) is 0 Å². The van der Waals surface area contributed by atoms with Gasteiger partial charge in [0.15, 0.2) is 0 Å². The predicted molar refractivity (Wildman–Crippen MR) is 92.6 cm³/mol. The van der Waals surface area contributed by atoms with E-state index in [-0.39, 0.29) is 5.91 Å². The largest absolute Gasteiger partial charge is 0.339 e. The third-order valence-electron chi connectivity index (χ3n) is 4.54. The molecule has 2 heterocycles. The van der Waals surface area contributed by atoms with Crippen molar-refractivity contribution in [3.8, 4) is 0 Å². The number of likely N-dealkylation sites (tertiary alicyclic amines) is 1. The number of carbonyl (C=O) groups is 1. The van der Waals surface area contributed by atoms with Gasteiger partial charge in [0.05, 0.1) is 0 Å². The summed E-state index contributed by atoms with van der Waals surface area (Å²) in [6.07, 6.45) is 4.39. The average Bonchev–Trinajstić information content (AvgIpc) is 3.10. The maximum Gasteiger partial charge on any atom is 0.253 e. The van der Waals surface area contributed by atoms with Gasteiger partial charge in [-0.05, 0) is 65.3 Å². The average molecular weight is 313 g/mol. The molecule has 0 unspecified atom stereocenters. The number of piperidine rings is 1. The number of benzene rings is 1. The van der Waals surface area contributed by atoms with Gasteiger partial charge in [-0.2, -0.15) is 11.3 Å². The van der Waals surface area contributed by atoms with Crippen LogP contribution in [0.3, 0.4) is 0 Å². The maximum atomic E-state index is 12.6. The maximum absolute atomic E-state index is 12.6. The van der Waals surface area contributed by atoms with Crippen molar-refractivity contribution in [1.82, 2.24) is 4.90 Å². The summed E-state index contributed by atoms with van der Waals surface area (Å²) >= 11 is 1.76. The molecular formula is C19H23NOS. The molecule has 0 atom stereocenters. The van der Waals surface area contributed by atoms with Crippen molar-refractivity contribution < 1.29 is 4.79 Å². The first-order chi connectivity index (χ1) is 10.8. The third kappa shape index (κ3) is 3.41. The Hall–Kier alpha value is -1.61. The minimum atomic E-state index is 0.187. The molecular weight excluding hydrogens is 290 g/mol. The molecule has 0 radical (unpaired) electrons. The molecule has 116 valence electrons. The first kappa shape index (κ1) is 15.3. The highest BCUT2D eigenvalue weighted by atomic mass is 32.1. The molecule has 3 heteroatoms. The van der Waals surface area contributed by atoms with Crippen molar-refractivity contribution in [3.05, 3.63) is 57.8 Å². The molecule has 1 aromatic heterocycles. The fourth-order valence-electron chi connectivity index (χ4n) is 3.21. The van der Waals surface area contributed by atoms with Gasteiger partial charge >= 0.3 is 0 Å². The molecule has 0 N–H and O–H groups in total. The lowest BCUT2D eigenvalue weighted by Crippen LogP contribution is -2.37. The lowest BCUT2D eigenvalue weighted by Gasteiger charge is -2.32. The molecule has 1 saturated heterocycles. The zero-order valence-corrected chi connectivity index (χ0v) is 13.9. The van der Waals surface area contributed by atoms with E-state index in [1.165, 1.54) is 11.1 Å². The second kappa shape index (κ2) is 7.10. The fraction of sp³-hybridized carbons (Fsp3) is 0.421. The normalized spacial score (nSPS) is 16.0. The van der Waals surface area contributed by atoms with E-state index in [9.17, 15) is 4.79 Å². The lowest BCUT2D eigenvalue weighted by molar-refractivity contribution is 0.0713. The summed E-state index contributed by atoms with van der Waals surface area (Å²) in [6.45, 7) is 3.92. The number of nitrogens with zero attached hydrogens (tertiary/aromatic N) is 1. The summed E-state index contributed by atoms with van der Waals surface area (Å²) in [5.41, 5.74) is 3.59. The Kier molecular flexibility index (Phi) is 4.94. The summed E-state index contributed by atoms with van der Waals surface area (Å²) < 4.78 is 0. The van der Waals surface area contributed by atoms with Gasteiger partial charge in [-0.15, -0.1) is 0 Å². The molecule has 1 aliphatic rings. The molecule has 0 aliphatic carbocycles. The minimum absolute atomic E-state index is 0.187. The van der Waals surface area contributed by atoms with Crippen LogP contribution in [0.2, 0.25) is 0 Å². The molecule has 1 fully saturated rings. The minimum Gasteiger partial charge on any atom is -0.339 e. The number of amides is 1. The Morgan fingerprint density at radius 2 is 1.91 bits per heavy atom. The first-order valence-corrected chi connectivity index (χ1v) is 9.12. The summed E-state index contributed by atoms with van der Waals surface area (Å²) in [7, 11) is 0. The standard InChI is InChI=1S/C19H23NOS/c1-2-3-15-4-6-17(7-5-15)19(21)20-11-8-16(9-12-20)18-10-13-22-14-18/h4-7,10,13-14,16H,2-3,8-9,11-12H2,1H3. The molecule has 2 aromatic rings. The number of aryl methyl sites for hydroxylation is 1. The SMILES string of the molecule is CCCc1ccc(C(=O)N2CCC(c3ccsc3)CC2)cc1. The monoisotopic (exact) mass is 313 g/mol. The highest BCUT2D eigenvalue weighted by Crippen LogP contribution is 2.29. The van der Waals surface area contributed by atoms with Crippen LogP contribution >= 0.6 is 11.3 Å². The second-order valence-electron chi connectivity index (χ2n) is 6.07. The summed E-state index contributed by atoms with van der Waals surface area (Å²) in [4.78, 5) is 14.6. The van der Waals surface area contributed by atoms with E-state index >= 15 is 0 Å². The van der Waals surface area contributed by atoms with Gasteiger partial charge in [0.25, 0.3) is 5.91 Å². The van der Waals surface area contributed by atoms with Crippen LogP contribution in [0.1, 0.15) is 53.6 Å². The summed E-state index contributed by atoms with van der Waals surface area (Å²) in [5, 5.41) is 4.39. The van der Waals surface area contributed by atoms with Crippen LogP contribution in [-0.2, 0) is 6.42 Å². The highest BCUT2D eigenvalue weighted by Gasteiger charge is 2.24. The zero-order chi connectivity index (χ0) is 15.4. The van der Waals surface area contributed by atoms with Crippen molar-refractivity contribution in [2.75, 3.05) is 13.1 Å². The van der Waals surface area contributed by atoms with E-state index in [0.29, 0.717) is 5.92 Å². The molecule has 2 nitrogen and oxygen atoms in total. The molecule has 1 aromatic carbocycles. The number of rotatable bonds is 4. The van der Waals surface area contributed by atoms with Gasteiger partial charge in [-0.25, -0.2) is 0 Å². The Morgan fingerprint density at radius 3 is 2.50 bits per heavy atom. The Balaban J connectivity index is 1.59. The lowest BCUT2D eigenvalue weighted by atomic mass is 9.91. The highest BCUT2D eigenvalue weighted by molar-refractivity contribution is 7.07. The summed E-state index contributed by atoms with van der Waals surface area (Å²) in [6, 6.07) is 10.4. The smallest absolute Gasteiger partial charge is 0.253 e. The van der Waals surface area contributed by atoms with Crippen molar-refractivity contribution in [2.45, 2.75) is 38.5 Å². The Labute approximate surface area is 136 Å². The van der Waals surface area contributed by atoms with Crippen molar-refractivity contribution in [3.63, 3.8) is 0 Å². The van der Waals surface area contributed by atoms with Crippen LogP contribution < -0.4 is 0 Å². The van der Waals surface area contributed by atoms with Crippen molar-refractivity contribution >= 4 is 17.2 Å². The molecule has 1 aliphatic heterocycles. The number of carbonyl (C=O) groups excluding carboxylic acids is 1. The van der Waals surface area contributed by atoms with Crippen LogP contribution in [0.25, 0.3) is 0 Å². The van der Waals surface area contributed by atoms with E-state index in [0.717, 1.165) is 44.3 Å². The van der Waals surface area contributed by atoms with Gasteiger partial charge < -0.3 is 4.90 Å². The van der Waals surface area contributed by atoms with Gasteiger partial charge in [0.1, 0.15) is 0 Å². The summed E-state index contributed by atoms with van der Waals surface area (Å²) in [5.74, 6) is 0.814. The topological polar surface area (TPSA) is 20.3 Å². The van der Waals surface area contributed by atoms with Crippen molar-refractivity contribution in [1.29, 1.82) is 0 Å². The van der Waals surface area contributed by atoms with Gasteiger partial charge in [0.2, 0.25) is 0 Å². The van der Waals surface area contributed by atoms with Crippen LogP contribution in [0, 0.1) is 0 Å². The number of hydrogen-bond donors (Lipinski definition) is 0. The van der Waals surface area contributed by atoms with Crippen LogP contribution in [0.5, 0.6) is 0 Å². The molecule has 22 heavy (non-hydrogen) atoms. The van der Waals surface area contributed by atoms with E-state index in [2.05, 4.69) is 35.9 Å². The first-order valence-electron chi connectivity index (χ1n) is 8.18. The van der Waals surface area contributed by atoms with E-state index in [1.54, 1.807) is 11.3 Å². The fourth-order valence-corrected chi connectivity index (χ4v) is 3.95. The van der Waals surface area contributed by atoms with Crippen LogP contribution in [0.15, 0.2) is 41.1 Å². The van der Waals surface area contributed by atoms with E-state index < -0.39 is 0 Å². The molecule has 0 bridgehead atoms. The quantitative estimate of drug-likeness (QED) is 0.799. The molecule has 3 rings (SSSR count). The van der Waals surface area contributed by atoms with Gasteiger partial charge in [-0.3, -0.25) is 4.79 Å². The third-order valence-corrected chi connectivity index (χ3v) is 5.24. The van der Waals surface area contributed by atoms with Crippen LogP contribution in [-0.4, -0.2) is 23.9 Å². The molecule has 0 spiro atoms. The Morgan fingerprint density at radius 1 is 1.18 bits per heavy atom. The van der Waals surface area contributed by atoms with Gasteiger partial charge in [0, 0.05) is 18.7 Å². The zero-order valence-electron chi connectivity index (χ0n) is 13.1. The van der Waals surface area contributed by atoms with Crippen molar-refractivity contribution in [2.24, 2.45) is 0 Å². The second-order valence-corrected chi connectivity index (χ2v) is 6.85. The number of hydrogen-bond acceptors (Lipinski definition) is 2. The van der Waals surface area contributed by atoms with E-state index in [4.69, 9.17) is 0 Å². The molecule has 1 amide bonds. The van der Waals surface area contributed by atoms with Gasteiger partial charge in [-0.1, -0.05) is 25.5 Å². The Bertz CT molecular complexity index is 595. The van der Waals surface area contributed by atoms with E-state index in [1.807, 2.05) is 17.0 Å².